The topological polar surface area (TPSA) is 12.5 Å². The highest BCUT2D eigenvalue weighted by atomic mass is 16.7. The van der Waals surface area contributed by atoms with Crippen molar-refractivity contribution in [1.82, 2.24) is 5.06 Å². The van der Waals surface area contributed by atoms with Crippen LogP contribution in [-0.4, -0.2) is 10.6 Å². The Bertz CT molecular complexity index is 625. The highest BCUT2D eigenvalue weighted by molar-refractivity contribution is 5.21. The minimum atomic E-state index is 0.0110. The van der Waals surface area contributed by atoms with Crippen molar-refractivity contribution in [3.05, 3.63) is 84.4 Å². The van der Waals surface area contributed by atoms with Crippen LogP contribution in [0.5, 0.6) is 0 Å². The summed E-state index contributed by atoms with van der Waals surface area (Å²) in [4.78, 5) is 6.31. The van der Waals surface area contributed by atoms with E-state index in [0.29, 0.717) is 12.6 Å². The summed E-state index contributed by atoms with van der Waals surface area (Å²) >= 11 is 0. The van der Waals surface area contributed by atoms with Crippen LogP contribution in [0.15, 0.2) is 73.3 Å². The van der Waals surface area contributed by atoms with E-state index in [9.17, 15) is 0 Å². The molecule has 0 radical (unpaired) electrons. The van der Waals surface area contributed by atoms with Crippen LogP contribution in [0.2, 0.25) is 0 Å². The van der Waals surface area contributed by atoms with Crippen LogP contribution in [0, 0.1) is 0 Å². The zero-order chi connectivity index (χ0) is 16.1. The zero-order valence-corrected chi connectivity index (χ0v) is 13.8. The molecule has 3 rings (SSSR count). The van der Waals surface area contributed by atoms with Crippen LogP contribution in [0.3, 0.4) is 0 Å². The van der Waals surface area contributed by atoms with Crippen molar-refractivity contribution in [3.63, 3.8) is 0 Å². The Labute approximate surface area is 139 Å². The van der Waals surface area contributed by atoms with Gasteiger partial charge in [0.15, 0.2) is 0 Å². The molecule has 2 aromatic carbocycles. The largest absolute Gasteiger partial charge is 0.293 e. The van der Waals surface area contributed by atoms with Gasteiger partial charge in [0, 0.05) is 5.54 Å². The molecule has 2 aromatic rings. The van der Waals surface area contributed by atoms with Gasteiger partial charge >= 0.3 is 0 Å². The van der Waals surface area contributed by atoms with Gasteiger partial charge in [0.25, 0.3) is 0 Å². The van der Waals surface area contributed by atoms with Crippen molar-refractivity contribution >= 4 is 0 Å². The van der Waals surface area contributed by atoms with E-state index in [0.717, 1.165) is 19.3 Å². The molecule has 0 spiro atoms. The summed E-state index contributed by atoms with van der Waals surface area (Å²) in [5.74, 6) is 0. The Kier molecular flexibility index (Phi) is 4.94. The SMILES string of the molecule is C=CC[C@@]1(C)CC[C@H](c2ccccc2)N1OCc1ccccc1. The van der Waals surface area contributed by atoms with E-state index in [1.807, 2.05) is 12.1 Å². The first-order chi connectivity index (χ1) is 11.2. The molecule has 0 amide bonds. The summed E-state index contributed by atoms with van der Waals surface area (Å²) in [7, 11) is 0. The molecule has 0 unspecified atom stereocenters. The minimum absolute atomic E-state index is 0.0110. The van der Waals surface area contributed by atoms with Crippen LogP contribution in [0.1, 0.15) is 43.4 Å². The highest BCUT2D eigenvalue weighted by Gasteiger charge is 2.43. The van der Waals surface area contributed by atoms with E-state index in [2.05, 4.69) is 73.2 Å². The zero-order valence-electron chi connectivity index (χ0n) is 13.8. The van der Waals surface area contributed by atoms with Crippen LogP contribution in [-0.2, 0) is 11.4 Å². The fourth-order valence-electron chi connectivity index (χ4n) is 3.50. The van der Waals surface area contributed by atoms with E-state index in [1.165, 1.54) is 11.1 Å². The predicted octanol–water partition coefficient (Wildman–Crippen LogP) is 5.29. The maximum absolute atomic E-state index is 6.31. The molecule has 23 heavy (non-hydrogen) atoms. The number of rotatable bonds is 6. The molecule has 0 bridgehead atoms. The maximum atomic E-state index is 6.31. The number of nitrogens with zero attached hydrogens (tertiary/aromatic N) is 1. The first-order valence-corrected chi connectivity index (χ1v) is 8.35. The molecular weight excluding hydrogens is 282 g/mol. The molecule has 0 N–H and O–H groups in total. The van der Waals surface area contributed by atoms with Gasteiger partial charge in [-0.3, -0.25) is 4.84 Å². The number of hydrogen-bond acceptors (Lipinski definition) is 2. The van der Waals surface area contributed by atoms with Gasteiger partial charge in [-0.1, -0.05) is 66.7 Å². The molecule has 1 heterocycles. The van der Waals surface area contributed by atoms with Crippen molar-refractivity contribution in [2.24, 2.45) is 0 Å². The predicted molar refractivity (Wildman–Crippen MR) is 94.7 cm³/mol. The number of hydrogen-bond donors (Lipinski definition) is 0. The van der Waals surface area contributed by atoms with Crippen molar-refractivity contribution in [1.29, 1.82) is 0 Å². The fourth-order valence-corrected chi connectivity index (χ4v) is 3.50. The summed E-state index contributed by atoms with van der Waals surface area (Å²) in [6, 6.07) is 21.3. The standard InChI is InChI=1S/C21H25NO/c1-3-15-21(2)16-14-20(19-12-8-5-9-13-19)22(21)23-17-18-10-6-4-7-11-18/h3-13,20H,1,14-17H2,2H3/t20-,21+/m1/s1. The second-order valence-corrected chi connectivity index (χ2v) is 6.54. The third-order valence-corrected chi connectivity index (χ3v) is 4.75. The normalized spacial score (nSPS) is 24.7. The Balaban J connectivity index is 1.81. The summed E-state index contributed by atoms with van der Waals surface area (Å²) in [5, 5.41) is 2.22. The molecule has 2 atom stereocenters. The average molecular weight is 307 g/mol. The molecule has 0 saturated carbocycles. The Morgan fingerprint density at radius 3 is 2.43 bits per heavy atom. The Morgan fingerprint density at radius 2 is 1.78 bits per heavy atom. The van der Waals surface area contributed by atoms with Gasteiger partial charge in [0.05, 0.1) is 12.6 Å². The van der Waals surface area contributed by atoms with E-state index in [-0.39, 0.29) is 5.54 Å². The quantitative estimate of drug-likeness (QED) is 0.672. The average Bonchev–Trinajstić information content (AvgIpc) is 2.91. The molecule has 120 valence electrons. The van der Waals surface area contributed by atoms with Crippen molar-refractivity contribution < 1.29 is 4.84 Å². The maximum Gasteiger partial charge on any atom is 0.0936 e. The van der Waals surface area contributed by atoms with Crippen LogP contribution < -0.4 is 0 Å². The lowest BCUT2D eigenvalue weighted by Gasteiger charge is -2.37. The molecule has 1 fully saturated rings. The summed E-state index contributed by atoms with van der Waals surface area (Å²) in [6.07, 6.45) is 5.17. The molecular formula is C21H25NO. The van der Waals surface area contributed by atoms with Crippen LogP contribution in [0.4, 0.5) is 0 Å². The van der Waals surface area contributed by atoms with E-state index >= 15 is 0 Å². The summed E-state index contributed by atoms with van der Waals surface area (Å²) < 4.78 is 0. The van der Waals surface area contributed by atoms with E-state index in [4.69, 9.17) is 4.84 Å². The fraction of sp³-hybridized carbons (Fsp3) is 0.333. The molecule has 1 aliphatic rings. The molecule has 0 aliphatic carbocycles. The highest BCUT2D eigenvalue weighted by Crippen LogP contribution is 2.44. The molecule has 2 nitrogen and oxygen atoms in total. The molecule has 1 aliphatic heterocycles. The third-order valence-electron chi connectivity index (χ3n) is 4.75. The first-order valence-electron chi connectivity index (χ1n) is 8.35. The van der Waals surface area contributed by atoms with Crippen LogP contribution >= 0.6 is 0 Å². The van der Waals surface area contributed by atoms with Gasteiger partial charge in [-0.15, -0.1) is 6.58 Å². The van der Waals surface area contributed by atoms with Crippen LogP contribution in [0.25, 0.3) is 0 Å². The monoisotopic (exact) mass is 307 g/mol. The second kappa shape index (κ2) is 7.12. The molecule has 0 aromatic heterocycles. The summed E-state index contributed by atoms with van der Waals surface area (Å²) in [5.41, 5.74) is 2.54. The summed E-state index contributed by atoms with van der Waals surface area (Å²) in [6.45, 7) is 6.83. The van der Waals surface area contributed by atoms with Crippen molar-refractivity contribution in [3.8, 4) is 0 Å². The van der Waals surface area contributed by atoms with Gasteiger partial charge in [0.1, 0.15) is 0 Å². The lowest BCUT2D eigenvalue weighted by atomic mass is 9.96. The van der Waals surface area contributed by atoms with E-state index < -0.39 is 0 Å². The number of benzene rings is 2. The molecule has 1 saturated heterocycles. The Hall–Kier alpha value is -1.90. The van der Waals surface area contributed by atoms with Gasteiger partial charge < -0.3 is 0 Å². The van der Waals surface area contributed by atoms with Gasteiger partial charge in [-0.05, 0) is 37.3 Å². The van der Waals surface area contributed by atoms with Gasteiger partial charge in [0.2, 0.25) is 0 Å². The lowest BCUT2D eigenvalue weighted by molar-refractivity contribution is -0.231. The third kappa shape index (κ3) is 3.54. The Morgan fingerprint density at radius 1 is 1.13 bits per heavy atom. The minimum Gasteiger partial charge on any atom is -0.293 e. The molecule has 2 heteroatoms. The first kappa shape index (κ1) is 16.0. The van der Waals surface area contributed by atoms with Crippen molar-refractivity contribution in [2.75, 3.05) is 0 Å². The van der Waals surface area contributed by atoms with E-state index in [1.54, 1.807) is 0 Å². The van der Waals surface area contributed by atoms with Gasteiger partial charge in [-0.25, -0.2) is 0 Å². The number of hydroxylamine groups is 2. The smallest absolute Gasteiger partial charge is 0.0936 e. The lowest BCUT2D eigenvalue weighted by Crippen LogP contribution is -2.41. The van der Waals surface area contributed by atoms with Crippen molar-refractivity contribution in [2.45, 2.75) is 44.4 Å². The van der Waals surface area contributed by atoms with Gasteiger partial charge in [-0.2, -0.15) is 5.06 Å². The second-order valence-electron chi connectivity index (χ2n) is 6.54.